The number of aliphatic carboxylic acids is 1. The number of ether oxygens (including phenoxy) is 3. The third-order valence-electron chi connectivity index (χ3n) is 6.52. The van der Waals surface area contributed by atoms with Crippen LogP contribution in [0, 0.1) is 17.8 Å². The molecule has 2 aromatic rings. The molecule has 0 saturated heterocycles. The maximum Gasteiger partial charge on any atom is 0.306 e. The first kappa shape index (κ1) is 29.6. The molecule has 0 heterocycles. The smallest absolute Gasteiger partial charge is 0.306 e. The lowest BCUT2D eigenvalue weighted by atomic mass is 9.82. The molecule has 2 aromatic carbocycles. The zero-order valence-electron chi connectivity index (χ0n) is 22.1. The van der Waals surface area contributed by atoms with E-state index >= 15 is 0 Å². The van der Waals surface area contributed by atoms with Crippen molar-refractivity contribution in [2.24, 2.45) is 23.5 Å². The Labute approximate surface area is 215 Å². The molecule has 0 aromatic heterocycles. The summed E-state index contributed by atoms with van der Waals surface area (Å²) in [4.78, 5) is 11.1. The molecule has 36 heavy (non-hydrogen) atoms. The van der Waals surface area contributed by atoms with Crippen LogP contribution in [0.15, 0.2) is 48.5 Å². The molecule has 0 saturated carbocycles. The number of carboxylic acids is 1. The van der Waals surface area contributed by atoms with Crippen molar-refractivity contribution in [3.63, 3.8) is 0 Å². The van der Waals surface area contributed by atoms with Gasteiger partial charge in [-0.3, -0.25) is 4.79 Å². The van der Waals surface area contributed by atoms with Crippen molar-refractivity contribution in [1.29, 1.82) is 0 Å². The molecule has 0 spiro atoms. The zero-order valence-corrected chi connectivity index (χ0v) is 22.1. The van der Waals surface area contributed by atoms with Crippen LogP contribution in [-0.4, -0.2) is 48.7 Å². The Morgan fingerprint density at radius 1 is 0.944 bits per heavy atom. The van der Waals surface area contributed by atoms with E-state index in [4.69, 9.17) is 25.1 Å². The van der Waals surface area contributed by atoms with E-state index < -0.39 is 24.0 Å². The highest BCUT2D eigenvalue weighted by molar-refractivity contribution is 5.69. The summed E-state index contributed by atoms with van der Waals surface area (Å²) < 4.78 is 17.3. The van der Waals surface area contributed by atoms with Gasteiger partial charge in [0.1, 0.15) is 6.61 Å². The molecule has 0 aliphatic carbocycles. The summed E-state index contributed by atoms with van der Waals surface area (Å²) in [5.74, 6) is 0.379. The molecule has 0 bridgehead atoms. The van der Waals surface area contributed by atoms with Crippen molar-refractivity contribution in [3.8, 4) is 11.5 Å². The van der Waals surface area contributed by atoms with Crippen LogP contribution < -0.4 is 15.2 Å². The van der Waals surface area contributed by atoms with Crippen LogP contribution in [0.25, 0.3) is 0 Å². The fourth-order valence-electron chi connectivity index (χ4n) is 4.07. The lowest BCUT2D eigenvalue weighted by molar-refractivity contribution is -0.142. The third kappa shape index (κ3) is 10.2. The standard InChI is InChI=1S/C29H43NO6/c1-20(2)24(18-25(30)26(31)15-21(3)29(32)33)16-23-11-12-27(28(17-23)35-14-8-13-34-4)36-19-22-9-6-5-7-10-22/h5-7,9-12,17,20-21,24-26,31H,8,13-16,18-19,30H2,1-4H3,(H,32,33). The Kier molecular flexibility index (Phi) is 12.7. The van der Waals surface area contributed by atoms with Crippen LogP contribution in [0.4, 0.5) is 0 Å². The Bertz CT molecular complexity index is 904. The van der Waals surface area contributed by atoms with Gasteiger partial charge in [0.15, 0.2) is 11.5 Å². The quantitative estimate of drug-likeness (QED) is 0.270. The van der Waals surface area contributed by atoms with Gasteiger partial charge in [-0.15, -0.1) is 0 Å². The van der Waals surface area contributed by atoms with E-state index in [1.54, 1.807) is 14.0 Å². The molecular weight excluding hydrogens is 458 g/mol. The van der Waals surface area contributed by atoms with Crippen molar-refractivity contribution in [1.82, 2.24) is 0 Å². The Hall–Kier alpha value is -2.61. The van der Waals surface area contributed by atoms with E-state index in [9.17, 15) is 9.90 Å². The molecule has 0 radical (unpaired) electrons. The number of aliphatic hydroxyl groups excluding tert-OH is 1. The van der Waals surface area contributed by atoms with Crippen LogP contribution >= 0.6 is 0 Å². The molecular formula is C29H43NO6. The van der Waals surface area contributed by atoms with Crippen molar-refractivity contribution < 1.29 is 29.2 Å². The van der Waals surface area contributed by atoms with Gasteiger partial charge < -0.3 is 30.2 Å². The van der Waals surface area contributed by atoms with Crippen LogP contribution in [-0.2, 0) is 22.6 Å². The van der Waals surface area contributed by atoms with E-state index in [0.29, 0.717) is 43.7 Å². The Morgan fingerprint density at radius 2 is 1.67 bits per heavy atom. The Balaban J connectivity index is 2.11. The third-order valence-corrected chi connectivity index (χ3v) is 6.52. The number of carbonyl (C=O) groups is 1. The first-order chi connectivity index (χ1) is 17.2. The predicted octanol–water partition coefficient (Wildman–Crippen LogP) is 4.68. The summed E-state index contributed by atoms with van der Waals surface area (Å²) in [6.07, 6.45) is 1.43. The maximum absolute atomic E-state index is 11.1. The molecule has 0 fully saturated rings. The number of hydrogen-bond acceptors (Lipinski definition) is 6. The largest absolute Gasteiger partial charge is 0.490 e. The molecule has 7 heteroatoms. The number of nitrogens with two attached hydrogens (primary N) is 1. The average molecular weight is 502 g/mol. The highest BCUT2D eigenvalue weighted by Gasteiger charge is 2.26. The van der Waals surface area contributed by atoms with Crippen molar-refractivity contribution in [3.05, 3.63) is 59.7 Å². The van der Waals surface area contributed by atoms with Crippen molar-refractivity contribution in [2.45, 2.75) is 65.2 Å². The van der Waals surface area contributed by atoms with Gasteiger partial charge >= 0.3 is 5.97 Å². The van der Waals surface area contributed by atoms with Gasteiger partial charge in [0.25, 0.3) is 0 Å². The molecule has 0 amide bonds. The fourth-order valence-corrected chi connectivity index (χ4v) is 4.07. The number of carboxylic acid groups (broad SMARTS) is 1. The molecule has 2 rings (SSSR count). The number of aliphatic hydroxyl groups is 1. The van der Waals surface area contributed by atoms with E-state index in [2.05, 4.69) is 13.8 Å². The normalized spacial score (nSPS) is 14.8. The lowest BCUT2D eigenvalue weighted by Gasteiger charge is -2.28. The minimum atomic E-state index is -0.922. The monoisotopic (exact) mass is 501 g/mol. The average Bonchev–Trinajstić information content (AvgIpc) is 2.86. The lowest BCUT2D eigenvalue weighted by Crippen LogP contribution is -2.39. The topological polar surface area (TPSA) is 111 Å². The van der Waals surface area contributed by atoms with Crippen LogP contribution in [0.2, 0.25) is 0 Å². The maximum atomic E-state index is 11.1. The molecule has 4 N–H and O–H groups in total. The van der Waals surface area contributed by atoms with Gasteiger partial charge in [-0.1, -0.05) is 57.2 Å². The summed E-state index contributed by atoms with van der Waals surface area (Å²) >= 11 is 0. The van der Waals surface area contributed by atoms with Gasteiger partial charge in [-0.25, -0.2) is 0 Å². The molecule has 0 aliphatic heterocycles. The summed E-state index contributed by atoms with van der Waals surface area (Å²) in [5.41, 5.74) is 8.48. The van der Waals surface area contributed by atoms with Crippen molar-refractivity contribution >= 4 is 5.97 Å². The highest BCUT2D eigenvalue weighted by Crippen LogP contribution is 2.32. The molecule has 7 nitrogen and oxygen atoms in total. The number of methoxy groups -OCH3 is 1. The number of benzene rings is 2. The molecule has 4 unspecified atom stereocenters. The highest BCUT2D eigenvalue weighted by atomic mass is 16.5. The van der Waals surface area contributed by atoms with Crippen LogP contribution in [0.3, 0.4) is 0 Å². The minimum Gasteiger partial charge on any atom is -0.490 e. The predicted molar refractivity (Wildman–Crippen MR) is 141 cm³/mol. The SMILES string of the molecule is COCCCOc1cc(CC(CC(N)C(O)CC(C)C(=O)O)C(C)C)ccc1OCc1ccccc1. The van der Waals surface area contributed by atoms with Gasteiger partial charge in [0.05, 0.1) is 18.6 Å². The zero-order chi connectivity index (χ0) is 26.5. The van der Waals surface area contributed by atoms with Gasteiger partial charge in [-0.2, -0.15) is 0 Å². The second kappa shape index (κ2) is 15.5. The van der Waals surface area contributed by atoms with Crippen molar-refractivity contribution in [2.75, 3.05) is 20.3 Å². The minimum absolute atomic E-state index is 0.147. The number of hydrogen-bond donors (Lipinski definition) is 3. The van der Waals surface area contributed by atoms with Crippen LogP contribution in [0.5, 0.6) is 11.5 Å². The van der Waals surface area contributed by atoms with E-state index in [-0.39, 0.29) is 12.3 Å². The Morgan fingerprint density at radius 3 is 2.31 bits per heavy atom. The first-order valence-corrected chi connectivity index (χ1v) is 12.8. The van der Waals surface area contributed by atoms with Crippen LogP contribution in [0.1, 0.15) is 51.2 Å². The second-order valence-electron chi connectivity index (χ2n) is 9.90. The first-order valence-electron chi connectivity index (χ1n) is 12.8. The molecule has 200 valence electrons. The van der Waals surface area contributed by atoms with Gasteiger partial charge in [0.2, 0.25) is 0 Å². The molecule has 0 aliphatic rings. The molecule has 4 atom stereocenters. The van der Waals surface area contributed by atoms with Gasteiger partial charge in [-0.05, 0) is 54.4 Å². The van der Waals surface area contributed by atoms with E-state index in [0.717, 1.165) is 24.0 Å². The summed E-state index contributed by atoms with van der Waals surface area (Å²) in [5, 5.41) is 19.6. The van der Waals surface area contributed by atoms with E-state index in [1.807, 2.05) is 48.5 Å². The summed E-state index contributed by atoms with van der Waals surface area (Å²) in [6, 6.07) is 15.5. The van der Waals surface area contributed by atoms with E-state index in [1.165, 1.54) is 0 Å². The number of rotatable bonds is 17. The fraction of sp³-hybridized carbons (Fsp3) is 0.552. The second-order valence-corrected chi connectivity index (χ2v) is 9.90. The van der Waals surface area contributed by atoms with Gasteiger partial charge in [0, 0.05) is 26.2 Å². The summed E-state index contributed by atoms with van der Waals surface area (Å²) in [6.45, 7) is 7.46. The summed E-state index contributed by atoms with van der Waals surface area (Å²) in [7, 11) is 1.67.